The van der Waals surface area contributed by atoms with Crippen molar-refractivity contribution in [1.29, 1.82) is 0 Å². The first-order valence-corrected chi connectivity index (χ1v) is 51.0. The van der Waals surface area contributed by atoms with Gasteiger partial charge in [0.05, 0.1) is 9.79 Å². The van der Waals surface area contributed by atoms with Crippen LogP contribution in [0.1, 0.15) is 551 Å². The molecular weight excluding hydrogens is 1470 g/mol. The Morgan fingerprint density at radius 1 is 0.178 bits per heavy atom. The molecule has 0 saturated carbocycles. The van der Waals surface area contributed by atoms with Crippen molar-refractivity contribution in [1.82, 2.24) is 0 Å². The molecule has 0 aliphatic heterocycles. The van der Waals surface area contributed by atoms with E-state index in [1.165, 1.54) is 513 Å². The second-order valence-electron chi connectivity index (χ2n) is 33.9. The van der Waals surface area contributed by atoms with E-state index in [1.54, 1.807) is 24.3 Å². The summed E-state index contributed by atoms with van der Waals surface area (Å²) in [6.07, 6.45) is 118. The summed E-state index contributed by atoms with van der Waals surface area (Å²) in [5.74, 6) is 0. The van der Waals surface area contributed by atoms with Crippen LogP contribution in [-0.4, -0.2) is 74.8 Å². The molecule has 9 heteroatoms. The van der Waals surface area contributed by atoms with E-state index in [9.17, 15) is 25.9 Å². The topological polar surface area (TPSA) is 114 Å². The standard InChI is InChI=1S/2C49H92O3S.Ba/c2*1-2-3-4-5-6-7-8-9-10-11-12-13-14-15-16-17-18-19-20-21-22-23-24-25-26-27-28-29-30-31-32-33-34-35-36-37-38-39-40-41-42-45-48-46-43-44-47-49(48)53(50,51)52;/h2*43-44,46-47H,2-42,45H2,1H3,(H,50,51,52);/q;;+2/p-2. The first-order chi connectivity index (χ1) is 52.1. The predicted molar refractivity (Wildman–Crippen MR) is 472 cm³/mol. The Morgan fingerprint density at radius 3 is 0.393 bits per heavy atom. The molecule has 624 valence electrons. The van der Waals surface area contributed by atoms with Gasteiger partial charge in [-0.1, -0.05) is 564 Å². The fraction of sp³-hybridized carbons (Fsp3) is 0.878. The molecule has 0 aromatic heterocycles. The van der Waals surface area contributed by atoms with Crippen LogP contribution >= 0.6 is 0 Å². The van der Waals surface area contributed by atoms with Crippen LogP contribution in [-0.2, 0) is 33.1 Å². The van der Waals surface area contributed by atoms with Gasteiger partial charge in [0.2, 0.25) is 0 Å². The molecule has 0 aliphatic carbocycles. The summed E-state index contributed by atoms with van der Waals surface area (Å²) in [4.78, 5) is -0.0799. The molecule has 0 heterocycles. The SMILES string of the molecule is CCCCCCCCCCCCCCCCCCCCCCCCCCCCCCCCCCCCCCCCCCCc1ccccc1S(=O)(=O)[O-].CCCCCCCCCCCCCCCCCCCCCCCCCCCCCCCCCCCCCCCCCCCc1ccccc1S(=O)(=O)[O-].[Ba+2]. The van der Waals surface area contributed by atoms with Crippen LogP contribution in [0.25, 0.3) is 0 Å². The minimum absolute atomic E-state index is 0. The van der Waals surface area contributed by atoms with E-state index < -0.39 is 20.2 Å². The molecule has 6 nitrogen and oxygen atoms in total. The molecule has 2 rings (SSSR count). The van der Waals surface area contributed by atoms with Crippen molar-refractivity contribution in [2.75, 3.05) is 0 Å². The fourth-order valence-electron chi connectivity index (χ4n) is 16.5. The smallest absolute Gasteiger partial charge is 0.744 e. The van der Waals surface area contributed by atoms with Gasteiger partial charge in [-0.2, -0.15) is 0 Å². The molecule has 107 heavy (non-hydrogen) atoms. The number of benzene rings is 2. The van der Waals surface area contributed by atoms with Crippen molar-refractivity contribution in [3.05, 3.63) is 59.7 Å². The monoisotopic (exact) mass is 1660 g/mol. The Balaban J connectivity index is 0.00000208. The van der Waals surface area contributed by atoms with Crippen LogP contribution in [0.15, 0.2) is 58.3 Å². The minimum Gasteiger partial charge on any atom is -0.744 e. The summed E-state index contributed by atoms with van der Waals surface area (Å²) in [5, 5.41) is 0. The molecule has 0 atom stereocenters. The summed E-state index contributed by atoms with van der Waals surface area (Å²) in [6.45, 7) is 4.61. The van der Waals surface area contributed by atoms with Gasteiger partial charge in [-0.15, -0.1) is 0 Å². The summed E-state index contributed by atoms with van der Waals surface area (Å²) < 4.78 is 68.4. The first-order valence-electron chi connectivity index (χ1n) is 48.2. The predicted octanol–water partition coefficient (Wildman–Crippen LogP) is 33.9. The number of hydrogen-bond acceptors (Lipinski definition) is 6. The van der Waals surface area contributed by atoms with Gasteiger partial charge >= 0.3 is 48.9 Å². The van der Waals surface area contributed by atoms with Gasteiger partial charge in [0.25, 0.3) is 0 Å². The molecule has 0 N–H and O–H groups in total. The maximum absolute atomic E-state index is 11.4. The summed E-state index contributed by atoms with van der Waals surface area (Å²) in [7, 11) is -8.74. The molecule has 0 unspecified atom stereocenters. The Labute approximate surface area is 711 Å². The Bertz CT molecular complexity index is 2110. The van der Waals surface area contributed by atoms with Crippen molar-refractivity contribution in [2.45, 2.75) is 563 Å². The van der Waals surface area contributed by atoms with Crippen molar-refractivity contribution >= 4 is 69.1 Å². The van der Waals surface area contributed by atoms with E-state index in [-0.39, 0.29) is 58.7 Å². The van der Waals surface area contributed by atoms with E-state index in [0.29, 0.717) is 24.0 Å². The van der Waals surface area contributed by atoms with Crippen LogP contribution in [0, 0.1) is 0 Å². The third kappa shape index (κ3) is 79.5. The average molecular weight is 1660 g/mol. The van der Waals surface area contributed by atoms with Crippen LogP contribution in [0.4, 0.5) is 0 Å². The summed E-state index contributed by atoms with van der Waals surface area (Å²) >= 11 is 0. The van der Waals surface area contributed by atoms with Crippen molar-refractivity contribution in [3.8, 4) is 0 Å². The third-order valence-corrected chi connectivity index (χ3v) is 25.5. The molecule has 2 aromatic rings. The average Bonchev–Trinajstić information content (AvgIpc) is 0.847. The maximum Gasteiger partial charge on any atom is 2.00 e. The summed E-state index contributed by atoms with van der Waals surface area (Å²) in [5.41, 5.74) is 1.35. The molecule has 0 radical (unpaired) electrons. The number of unbranched alkanes of at least 4 members (excludes halogenated alkanes) is 80. The van der Waals surface area contributed by atoms with E-state index in [0.717, 1.165) is 25.7 Å². The molecule has 0 saturated heterocycles. The van der Waals surface area contributed by atoms with Gasteiger partial charge in [-0.05, 0) is 48.9 Å². The maximum atomic E-state index is 11.4. The molecule has 0 bridgehead atoms. The van der Waals surface area contributed by atoms with Gasteiger partial charge in [0, 0.05) is 0 Å². The molecule has 0 spiro atoms. The number of rotatable bonds is 86. The zero-order valence-corrected chi connectivity index (χ0v) is 78.1. The Morgan fingerprint density at radius 2 is 0.280 bits per heavy atom. The van der Waals surface area contributed by atoms with E-state index in [1.807, 2.05) is 12.1 Å². The zero-order valence-electron chi connectivity index (χ0n) is 72.0. The molecule has 0 fully saturated rings. The van der Waals surface area contributed by atoms with Crippen LogP contribution in [0.2, 0.25) is 0 Å². The van der Waals surface area contributed by atoms with Crippen molar-refractivity contribution < 1.29 is 25.9 Å². The van der Waals surface area contributed by atoms with E-state index in [4.69, 9.17) is 0 Å². The fourth-order valence-corrected chi connectivity index (χ4v) is 17.9. The van der Waals surface area contributed by atoms with Crippen molar-refractivity contribution in [3.63, 3.8) is 0 Å². The largest absolute Gasteiger partial charge is 2.00 e. The van der Waals surface area contributed by atoms with Gasteiger partial charge < -0.3 is 9.11 Å². The quantitative estimate of drug-likeness (QED) is 0.0370. The minimum atomic E-state index is -4.37. The first kappa shape index (κ1) is 107. The molecule has 2 aromatic carbocycles. The molecule has 0 amide bonds. The molecule has 0 aliphatic rings. The third-order valence-electron chi connectivity index (χ3n) is 23.6. The number of hydrogen-bond donors (Lipinski definition) is 0. The summed E-state index contributed by atoms with van der Waals surface area (Å²) in [6, 6.07) is 13.3. The van der Waals surface area contributed by atoms with Crippen LogP contribution < -0.4 is 0 Å². The van der Waals surface area contributed by atoms with Crippen LogP contribution in [0.3, 0.4) is 0 Å². The van der Waals surface area contributed by atoms with Gasteiger partial charge in [0.1, 0.15) is 20.2 Å². The Kier molecular flexibility index (Phi) is 86.5. The van der Waals surface area contributed by atoms with Gasteiger partial charge in [-0.3, -0.25) is 0 Å². The number of aryl methyl sites for hydroxylation is 2. The second kappa shape index (κ2) is 86.7. The second-order valence-corrected chi connectivity index (χ2v) is 36.6. The molecular formula is C98H182BaO6S2. The normalized spacial score (nSPS) is 11.8. The Hall–Kier alpha value is -0.169. The van der Waals surface area contributed by atoms with Gasteiger partial charge in [-0.25, -0.2) is 16.8 Å². The van der Waals surface area contributed by atoms with E-state index >= 15 is 0 Å². The van der Waals surface area contributed by atoms with E-state index in [2.05, 4.69) is 13.8 Å². The van der Waals surface area contributed by atoms with Crippen LogP contribution in [0.5, 0.6) is 0 Å². The zero-order chi connectivity index (χ0) is 76.4. The van der Waals surface area contributed by atoms with Crippen molar-refractivity contribution in [2.24, 2.45) is 0 Å². The van der Waals surface area contributed by atoms with Gasteiger partial charge in [0.15, 0.2) is 0 Å².